The molecule has 1 atom stereocenters. The van der Waals surface area contributed by atoms with Crippen LogP contribution in [0.15, 0.2) is 0 Å². The quantitative estimate of drug-likeness (QED) is 0.533. The maximum Gasteiger partial charge on any atom is 0.265 e. The Morgan fingerprint density at radius 3 is 2.41 bits per heavy atom. The number of nitrogens with zero attached hydrogens (tertiary/aromatic N) is 1. The zero-order valence-corrected chi connectivity index (χ0v) is 11.0. The fourth-order valence-corrected chi connectivity index (χ4v) is 1.99. The SMILES string of the molecule is CCCCC(CC)C1OCC(C)([N+](=O)[O-])CO1. The van der Waals surface area contributed by atoms with E-state index >= 15 is 0 Å². The average Bonchev–Trinajstić information content (AvgIpc) is 2.32. The fourth-order valence-electron chi connectivity index (χ4n) is 1.99. The first-order chi connectivity index (χ1) is 8.03. The van der Waals surface area contributed by atoms with Gasteiger partial charge in [0.25, 0.3) is 5.54 Å². The van der Waals surface area contributed by atoms with Crippen LogP contribution >= 0.6 is 0 Å². The van der Waals surface area contributed by atoms with Gasteiger partial charge in [-0.15, -0.1) is 0 Å². The molecule has 1 unspecified atom stereocenters. The van der Waals surface area contributed by atoms with E-state index in [1.807, 2.05) is 0 Å². The van der Waals surface area contributed by atoms with E-state index in [1.165, 1.54) is 0 Å². The Balaban J connectivity index is 2.47. The Morgan fingerprint density at radius 2 is 2.00 bits per heavy atom. The molecular weight excluding hydrogens is 222 g/mol. The summed E-state index contributed by atoms with van der Waals surface area (Å²) < 4.78 is 11.1. The summed E-state index contributed by atoms with van der Waals surface area (Å²) in [5.74, 6) is 0.353. The molecule has 100 valence electrons. The second-order valence-electron chi connectivity index (χ2n) is 5.06. The molecule has 0 N–H and O–H groups in total. The minimum absolute atomic E-state index is 0.146. The molecule has 0 bridgehead atoms. The summed E-state index contributed by atoms with van der Waals surface area (Å²) in [6.45, 7) is 6.12. The molecule has 0 radical (unpaired) electrons. The summed E-state index contributed by atoms with van der Waals surface area (Å²) in [5, 5.41) is 10.8. The maximum atomic E-state index is 10.8. The Bertz CT molecular complexity index is 249. The second kappa shape index (κ2) is 6.31. The van der Waals surface area contributed by atoms with Gasteiger partial charge < -0.3 is 9.47 Å². The van der Waals surface area contributed by atoms with Crippen LogP contribution < -0.4 is 0 Å². The van der Waals surface area contributed by atoms with Gasteiger partial charge in [0.2, 0.25) is 0 Å². The van der Waals surface area contributed by atoms with Crippen molar-refractivity contribution in [1.29, 1.82) is 0 Å². The molecule has 1 fully saturated rings. The summed E-state index contributed by atoms with van der Waals surface area (Å²) in [5.41, 5.74) is -1.08. The third-order valence-electron chi connectivity index (χ3n) is 3.40. The first-order valence-electron chi connectivity index (χ1n) is 6.41. The zero-order valence-electron chi connectivity index (χ0n) is 11.0. The number of nitro groups is 1. The van der Waals surface area contributed by atoms with Crippen molar-refractivity contribution in [2.24, 2.45) is 5.92 Å². The standard InChI is InChI=1S/C12H23NO4/c1-4-6-7-10(5-2)11-16-8-12(3,9-17-11)13(14)15/h10-11H,4-9H2,1-3H3. The second-order valence-corrected chi connectivity index (χ2v) is 5.06. The Kier molecular flexibility index (Phi) is 5.33. The molecule has 0 aromatic carbocycles. The number of hydrogen-bond donors (Lipinski definition) is 0. The Morgan fingerprint density at radius 1 is 1.41 bits per heavy atom. The molecule has 1 aliphatic rings. The fraction of sp³-hybridized carbons (Fsp3) is 1.00. The number of ether oxygens (including phenoxy) is 2. The molecule has 1 saturated heterocycles. The maximum absolute atomic E-state index is 10.8. The molecule has 0 spiro atoms. The van der Waals surface area contributed by atoms with Crippen molar-refractivity contribution < 1.29 is 14.4 Å². The van der Waals surface area contributed by atoms with Gasteiger partial charge in [-0.2, -0.15) is 0 Å². The van der Waals surface area contributed by atoms with Crippen molar-refractivity contribution in [3.63, 3.8) is 0 Å². The molecular formula is C12H23NO4. The lowest BCUT2D eigenvalue weighted by Gasteiger charge is -2.35. The topological polar surface area (TPSA) is 61.6 Å². The van der Waals surface area contributed by atoms with E-state index in [0.29, 0.717) is 5.92 Å². The molecule has 1 rings (SSSR count). The Hall–Kier alpha value is -0.680. The van der Waals surface area contributed by atoms with Gasteiger partial charge in [-0.1, -0.05) is 26.7 Å². The van der Waals surface area contributed by atoms with E-state index in [1.54, 1.807) is 6.92 Å². The minimum Gasteiger partial charge on any atom is -0.345 e. The van der Waals surface area contributed by atoms with E-state index in [4.69, 9.17) is 9.47 Å². The predicted octanol–water partition coefficient (Wildman–Crippen LogP) is 2.61. The lowest BCUT2D eigenvalue weighted by molar-refractivity contribution is -0.587. The third kappa shape index (κ3) is 3.64. The molecule has 0 amide bonds. The molecule has 0 aromatic heterocycles. The highest BCUT2D eigenvalue weighted by atomic mass is 16.7. The summed E-state index contributed by atoms with van der Waals surface area (Å²) >= 11 is 0. The number of rotatable bonds is 6. The summed E-state index contributed by atoms with van der Waals surface area (Å²) in [6.07, 6.45) is 4.08. The van der Waals surface area contributed by atoms with Crippen LogP contribution in [0.25, 0.3) is 0 Å². The van der Waals surface area contributed by atoms with E-state index in [9.17, 15) is 10.1 Å². The summed E-state index contributed by atoms with van der Waals surface area (Å²) in [7, 11) is 0. The van der Waals surface area contributed by atoms with Crippen LogP contribution in [0.3, 0.4) is 0 Å². The van der Waals surface area contributed by atoms with E-state index in [2.05, 4.69) is 13.8 Å². The van der Waals surface area contributed by atoms with Gasteiger partial charge in [0.05, 0.1) is 0 Å². The molecule has 0 aromatic rings. The van der Waals surface area contributed by atoms with Crippen molar-refractivity contribution >= 4 is 0 Å². The van der Waals surface area contributed by atoms with Gasteiger partial charge in [-0.25, -0.2) is 0 Å². The highest BCUT2D eigenvalue weighted by molar-refractivity contribution is 4.78. The molecule has 5 nitrogen and oxygen atoms in total. The number of hydrogen-bond acceptors (Lipinski definition) is 4. The van der Waals surface area contributed by atoms with Crippen LogP contribution in [-0.4, -0.2) is 30.0 Å². The van der Waals surface area contributed by atoms with Crippen LogP contribution in [0, 0.1) is 16.0 Å². The summed E-state index contributed by atoms with van der Waals surface area (Å²) in [4.78, 5) is 10.5. The van der Waals surface area contributed by atoms with Crippen molar-refractivity contribution in [1.82, 2.24) is 0 Å². The highest BCUT2D eigenvalue weighted by Gasteiger charge is 2.44. The smallest absolute Gasteiger partial charge is 0.265 e. The lowest BCUT2D eigenvalue weighted by atomic mass is 9.97. The molecule has 17 heavy (non-hydrogen) atoms. The largest absolute Gasteiger partial charge is 0.345 e. The highest BCUT2D eigenvalue weighted by Crippen LogP contribution is 2.27. The summed E-state index contributed by atoms with van der Waals surface area (Å²) in [6, 6.07) is 0. The minimum atomic E-state index is -1.08. The van der Waals surface area contributed by atoms with Crippen molar-refractivity contribution in [3.05, 3.63) is 10.1 Å². The van der Waals surface area contributed by atoms with Crippen LogP contribution in [0.2, 0.25) is 0 Å². The first kappa shape index (κ1) is 14.4. The average molecular weight is 245 g/mol. The third-order valence-corrected chi connectivity index (χ3v) is 3.40. The van der Waals surface area contributed by atoms with Crippen LogP contribution in [0.4, 0.5) is 0 Å². The van der Waals surface area contributed by atoms with Crippen molar-refractivity contribution in [3.8, 4) is 0 Å². The van der Waals surface area contributed by atoms with E-state index in [-0.39, 0.29) is 24.4 Å². The van der Waals surface area contributed by atoms with Crippen molar-refractivity contribution in [2.45, 2.75) is 58.3 Å². The van der Waals surface area contributed by atoms with Gasteiger partial charge in [-0.3, -0.25) is 10.1 Å². The molecule has 0 saturated carbocycles. The van der Waals surface area contributed by atoms with Gasteiger partial charge in [0.1, 0.15) is 13.2 Å². The van der Waals surface area contributed by atoms with E-state index in [0.717, 1.165) is 25.7 Å². The van der Waals surface area contributed by atoms with Crippen LogP contribution in [0.1, 0.15) is 46.5 Å². The van der Waals surface area contributed by atoms with Gasteiger partial charge in [0.15, 0.2) is 6.29 Å². The number of unbranched alkanes of at least 4 members (excludes halogenated alkanes) is 1. The van der Waals surface area contributed by atoms with Gasteiger partial charge >= 0.3 is 0 Å². The molecule has 1 heterocycles. The van der Waals surface area contributed by atoms with E-state index < -0.39 is 5.54 Å². The van der Waals surface area contributed by atoms with Crippen LogP contribution in [-0.2, 0) is 9.47 Å². The normalized spacial score (nSPS) is 31.1. The molecule has 1 aliphatic heterocycles. The molecule has 5 heteroatoms. The first-order valence-corrected chi connectivity index (χ1v) is 6.41. The van der Waals surface area contributed by atoms with Gasteiger partial charge in [0, 0.05) is 17.8 Å². The molecule has 0 aliphatic carbocycles. The Labute approximate surface area is 103 Å². The lowest BCUT2D eigenvalue weighted by Crippen LogP contribution is -2.52. The predicted molar refractivity (Wildman–Crippen MR) is 64.4 cm³/mol. The monoisotopic (exact) mass is 245 g/mol. The van der Waals surface area contributed by atoms with Crippen molar-refractivity contribution in [2.75, 3.05) is 13.2 Å². The van der Waals surface area contributed by atoms with Crippen LogP contribution in [0.5, 0.6) is 0 Å². The van der Waals surface area contributed by atoms with Gasteiger partial charge in [-0.05, 0) is 12.8 Å². The zero-order chi connectivity index (χ0) is 12.9.